The molecule has 1 amide bonds. The van der Waals surface area contributed by atoms with Gasteiger partial charge in [0.25, 0.3) is 0 Å². The van der Waals surface area contributed by atoms with Gasteiger partial charge in [0.15, 0.2) is 5.15 Å². The summed E-state index contributed by atoms with van der Waals surface area (Å²) in [5, 5.41) is 15.0. The van der Waals surface area contributed by atoms with Gasteiger partial charge in [-0.15, -0.1) is 0 Å². The number of carbonyl (C=O) groups is 2. The van der Waals surface area contributed by atoms with Crippen molar-refractivity contribution in [1.29, 1.82) is 0 Å². The summed E-state index contributed by atoms with van der Waals surface area (Å²) in [7, 11) is 0. The Balaban J connectivity index is 2.03. The zero-order valence-electron chi connectivity index (χ0n) is 9.82. The summed E-state index contributed by atoms with van der Waals surface area (Å²) >= 11 is 5.58. The summed E-state index contributed by atoms with van der Waals surface area (Å²) < 4.78 is 4.90. The van der Waals surface area contributed by atoms with Crippen molar-refractivity contribution in [3.63, 3.8) is 0 Å². The number of aryl methyl sites for hydroxylation is 1. The first-order valence-electron chi connectivity index (χ1n) is 5.67. The monoisotopic (exact) mass is 274 g/mol. The molecule has 0 spiro atoms. The summed E-state index contributed by atoms with van der Waals surface area (Å²) in [5.41, 5.74) is 0. The molecule has 1 aromatic rings. The lowest BCUT2D eigenvalue weighted by Crippen LogP contribution is -2.24. The Morgan fingerprint density at radius 3 is 2.78 bits per heavy atom. The second-order valence-corrected chi connectivity index (χ2v) is 4.20. The number of carboxylic acid groups (broad SMARTS) is 1. The average Bonchev–Trinajstić information content (AvgIpc) is 2.70. The standard InChI is InChI=1S/C11H15ClN2O4/c12-9-7-8(18-14-9)3-2-6-13-10(15)4-1-5-11(16)17/h7H,1-6H2,(H,13,15)(H,16,17). The van der Waals surface area contributed by atoms with Gasteiger partial charge in [0.1, 0.15) is 5.76 Å². The third-order valence-electron chi connectivity index (χ3n) is 2.25. The molecule has 0 saturated heterocycles. The molecule has 0 atom stereocenters. The number of carboxylic acids is 1. The first-order valence-corrected chi connectivity index (χ1v) is 6.05. The molecule has 0 radical (unpaired) electrons. The van der Waals surface area contributed by atoms with E-state index in [4.69, 9.17) is 21.2 Å². The largest absolute Gasteiger partial charge is 0.481 e. The first-order chi connectivity index (χ1) is 8.58. The Morgan fingerprint density at radius 1 is 1.39 bits per heavy atom. The fourth-order valence-electron chi connectivity index (χ4n) is 1.38. The van der Waals surface area contributed by atoms with Crippen LogP contribution in [0.15, 0.2) is 10.6 Å². The van der Waals surface area contributed by atoms with Crippen molar-refractivity contribution in [2.45, 2.75) is 32.1 Å². The van der Waals surface area contributed by atoms with E-state index in [1.165, 1.54) is 0 Å². The van der Waals surface area contributed by atoms with Gasteiger partial charge in [0.05, 0.1) is 0 Å². The predicted molar refractivity (Wildman–Crippen MR) is 64.3 cm³/mol. The molecule has 2 N–H and O–H groups in total. The molecule has 1 heterocycles. The molecule has 1 aromatic heterocycles. The molecule has 0 aliphatic carbocycles. The van der Waals surface area contributed by atoms with Gasteiger partial charge in [-0.05, 0) is 12.8 Å². The van der Waals surface area contributed by atoms with Crippen LogP contribution in [0.2, 0.25) is 5.15 Å². The van der Waals surface area contributed by atoms with Gasteiger partial charge in [0, 0.05) is 31.9 Å². The molecule has 0 fully saturated rings. The summed E-state index contributed by atoms with van der Waals surface area (Å²) in [4.78, 5) is 21.5. The predicted octanol–water partition coefficient (Wildman–Crippen LogP) is 1.63. The Hall–Kier alpha value is -1.56. The molecule has 7 heteroatoms. The average molecular weight is 275 g/mol. The lowest BCUT2D eigenvalue weighted by Gasteiger charge is -2.03. The van der Waals surface area contributed by atoms with Crippen LogP contribution in [-0.4, -0.2) is 28.7 Å². The van der Waals surface area contributed by atoms with Gasteiger partial charge >= 0.3 is 5.97 Å². The topological polar surface area (TPSA) is 92.4 Å². The maximum absolute atomic E-state index is 11.3. The van der Waals surface area contributed by atoms with Crippen LogP contribution in [0.5, 0.6) is 0 Å². The summed E-state index contributed by atoms with van der Waals surface area (Å²) in [6.45, 7) is 0.518. The maximum Gasteiger partial charge on any atom is 0.303 e. The molecule has 18 heavy (non-hydrogen) atoms. The van der Waals surface area contributed by atoms with Crippen LogP contribution < -0.4 is 5.32 Å². The smallest absolute Gasteiger partial charge is 0.303 e. The van der Waals surface area contributed by atoms with Crippen LogP contribution in [0.4, 0.5) is 0 Å². The Bertz CT molecular complexity index is 406. The third kappa shape index (κ3) is 6.24. The van der Waals surface area contributed by atoms with Gasteiger partial charge in [-0.3, -0.25) is 9.59 Å². The Morgan fingerprint density at radius 2 is 2.17 bits per heavy atom. The van der Waals surface area contributed by atoms with E-state index < -0.39 is 5.97 Å². The minimum atomic E-state index is -0.884. The first kappa shape index (κ1) is 14.5. The van der Waals surface area contributed by atoms with Crippen LogP contribution in [0, 0.1) is 0 Å². The number of halogens is 1. The van der Waals surface area contributed by atoms with E-state index in [2.05, 4.69) is 10.5 Å². The maximum atomic E-state index is 11.3. The van der Waals surface area contributed by atoms with Gasteiger partial charge < -0.3 is 14.9 Å². The summed E-state index contributed by atoms with van der Waals surface area (Å²) in [6, 6.07) is 1.64. The van der Waals surface area contributed by atoms with Crippen LogP contribution in [0.3, 0.4) is 0 Å². The highest BCUT2D eigenvalue weighted by atomic mass is 35.5. The molecule has 0 bridgehead atoms. The molecule has 6 nitrogen and oxygen atoms in total. The van der Waals surface area contributed by atoms with E-state index in [1.54, 1.807) is 6.07 Å². The fraction of sp³-hybridized carbons (Fsp3) is 0.545. The molecule has 0 saturated carbocycles. The summed E-state index contributed by atoms with van der Waals surface area (Å²) in [5.74, 6) is -0.336. The third-order valence-corrected chi connectivity index (χ3v) is 2.42. The molecule has 1 rings (SSSR count). The number of hydrogen-bond acceptors (Lipinski definition) is 4. The quantitative estimate of drug-likeness (QED) is 0.703. The van der Waals surface area contributed by atoms with Crippen LogP contribution in [0.25, 0.3) is 0 Å². The van der Waals surface area contributed by atoms with E-state index in [0.29, 0.717) is 30.3 Å². The Kier molecular flexibility index (Phi) is 6.21. The molecular weight excluding hydrogens is 260 g/mol. The minimum Gasteiger partial charge on any atom is -0.481 e. The molecule has 0 unspecified atom stereocenters. The highest BCUT2D eigenvalue weighted by Crippen LogP contribution is 2.10. The van der Waals surface area contributed by atoms with Crippen LogP contribution in [-0.2, 0) is 16.0 Å². The minimum absolute atomic E-state index is 0.0178. The van der Waals surface area contributed by atoms with E-state index in [1.807, 2.05) is 0 Å². The number of carbonyl (C=O) groups excluding carboxylic acids is 1. The van der Waals surface area contributed by atoms with Gasteiger partial charge in [-0.2, -0.15) is 0 Å². The van der Waals surface area contributed by atoms with Crippen molar-refractivity contribution in [2.24, 2.45) is 0 Å². The lowest BCUT2D eigenvalue weighted by atomic mass is 10.2. The van der Waals surface area contributed by atoms with E-state index in [-0.39, 0.29) is 18.7 Å². The highest BCUT2D eigenvalue weighted by Gasteiger charge is 2.04. The van der Waals surface area contributed by atoms with Crippen molar-refractivity contribution in [3.8, 4) is 0 Å². The number of nitrogens with one attached hydrogen (secondary N) is 1. The van der Waals surface area contributed by atoms with E-state index >= 15 is 0 Å². The van der Waals surface area contributed by atoms with E-state index in [9.17, 15) is 9.59 Å². The number of aliphatic carboxylic acids is 1. The second-order valence-electron chi connectivity index (χ2n) is 3.82. The normalized spacial score (nSPS) is 10.3. The van der Waals surface area contributed by atoms with Crippen molar-refractivity contribution < 1.29 is 19.2 Å². The fourth-order valence-corrected chi connectivity index (χ4v) is 1.54. The number of nitrogens with zero attached hydrogens (tertiary/aromatic N) is 1. The zero-order valence-corrected chi connectivity index (χ0v) is 10.6. The van der Waals surface area contributed by atoms with Gasteiger partial charge in [-0.25, -0.2) is 0 Å². The van der Waals surface area contributed by atoms with Crippen LogP contribution in [0.1, 0.15) is 31.4 Å². The number of amides is 1. The van der Waals surface area contributed by atoms with Crippen LogP contribution >= 0.6 is 11.6 Å². The van der Waals surface area contributed by atoms with Crippen molar-refractivity contribution >= 4 is 23.5 Å². The van der Waals surface area contributed by atoms with Gasteiger partial charge in [-0.1, -0.05) is 16.8 Å². The highest BCUT2D eigenvalue weighted by molar-refractivity contribution is 6.29. The SMILES string of the molecule is O=C(O)CCCC(=O)NCCCc1cc(Cl)no1. The number of rotatable bonds is 8. The lowest BCUT2D eigenvalue weighted by molar-refractivity contribution is -0.137. The molecule has 0 aliphatic rings. The molecular formula is C11H15ClN2O4. The molecule has 0 aromatic carbocycles. The zero-order chi connectivity index (χ0) is 13.4. The van der Waals surface area contributed by atoms with Crippen molar-refractivity contribution in [1.82, 2.24) is 10.5 Å². The molecule has 100 valence electrons. The van der Waals surface area contributed by atoms with Crippen molar-refractivity contribution in [2.75, 3.05) is 6.54 Å². The second kappa shape index (κ2) is 7.71. The van der Waals surface area contributed by atoms with E-state index in [0.717, 1.165) is 6.42 Å². The Labute approximate surface area is 109 Å². The number of aromatic nitrogens is 1. The molecule has 0 aliphatic heterocycles. The number of hydrogen-bond donors (Lipinski definition) is 2. The van der Waals surface area contributed by atoms with Crippen molar-refractivity contribution in [3.05, 3.63) is 17.0 Å². The van der Waals surface area contributed by atoms with Gasteiger partial charge in [0.2, 0.25) is 5.91 Å². The summed E-state index contributed by atoms with van der Waals surface area (Å²) in [6.07, 6.45) is 1.98.